The van der Waals surface area contributed by atoms with Crippen molar-refractivity contribution in [1.82, 2.24) is 9.88 Å². The quantitative estimate of drug-likeness (QED) is 0.244. The summed E-state index contributed by atoms with van der Waals surface area (Å²) in [6, 6.07) is 30.4. The van der Waals surface area contributed by atoms with Gasteiger partial charge in [0, 0.05) is 50.0 Å². The van der Waals surface area contributed by atoms with Gasteiger partial charge in [-0.1, -0.05) is 78.9 Å². The third-order valence-electron chi connectivity index (χ3n) is 6.84. The average Bonchev–Trinajstić information content (AvgIpc) is 2.97. The van der Waals surface area contributed by atoms with Crippen molar-refractivity contribution in [1.29, 1.82) is 0 Å². The lowest BCUT2D eigenvalue weighted by molar-refractivity contribution is 0.0379. The lowest BCUT2D eigenvalue weighted by Crippen LogP contribution is -2.46. The fraction of sp³-hybridized carbons (Fsp3) is 0.273. The minimum absolute atomic E-state index is 0.213. The number of ether oxygens (including phenoxy) is 2. The van der Waals surface area contributed by atoms with Gasteiger partial charge in [0.25, 0.3) is 0 Å². The number of carbonyl (C=O) groups is 1. The lowest BCUT2D eigenvalue weighted by Gasteiger charge is -2.36. The van der Waals surface area contributed by atoms with Gasteiger partial charge in [-0.15, -0.1) is 0 Å². The Labute approximate surface area is 230 Å². The first kappa shape index (κ1) is 26.4. The zero-order chi connectivity index (χ0) is 27.0. The fourth-order valence-electron chi connectivity index (χ4n) is 4.89. The third kappa shape index (κ3) is 6.65. The summed E-state index contributed by atoms with van der Waals surface area (Å²) in [5.41, 5.74) is 4.68. The van der Waals surface area contributed by atoms with E-state index in [0.717, 1.165) is 55.2 Å². The molecule has 1 aliphatic heterocycles. The molecule has 0 saturated carbocycles. The van der Waals surface area contributed by atoms with E-state index in [4.69, 9.17) is 9.47 Å². The number of hydrogen-bond acceptors (Lipinski definition) is 6. The molecule has 1 saturated heterocycles. The van der Waals surface area contributed by atoms with Crippen LogP contribution >= 0.6 is 0 Å². The number of anilines is 1. The average molecular weight is 522 g/mol. The normalized spacial score (nSPS) is 13.9. The van der Waals surface area contributed by atoms with Gasteiger partial charge in [-0.2, -0.15) is 0 Å². The standard InChI is InChI=1S/C33H35N3O3/c1-25(2)39-33(37)31-29(27-13-7-4-8-14-27)17-18-34-32(31)36-21-19-35(20-22-36)23-28-15-9-10-16-30(28)38-24-26-11-5-3-6-12-26/h3-18,25H,19-24H2,1-2H3. The van der Waals surface area contributed by atoms with Crippen molar-refractivity contribution in [2.24, 2.45) is 0 Å². The van der Waals surface area contributed by atoms with E-state index in [0.29, 0.717) is 18.0 Å². The van der Waals surface area contributed by atoms with E-state index in [1.807, 2.05) is 80.6 Å². The second kappa shape index (κ2) is 12.6. The van der Waals surface area contributed by atoms with Crippen molar-refractivity contribution in [3.63, 3.8) is 0 Å². The molecule has 1 aromatic heterocycles. The lowest BCUT2D eigenvalue weighted by atomic mass is 10.00. The zero-order valence-corrected chi connectivity index (χ0v) is 22.6. The third-order valence-corrected chi connectivity index (χ3v) is 6.84. The van der Waals surface area contributed by atoms with Crippen molar-refractivity contribution in [2.75, 3.05) is 31.1 Å². The van der Waals surface area contributed by atoms with Crippen LogP contribution in [0.5, 0.6) is 5.75 Å². The maximum absolute atomic E-state index is 13.3. The summed E-state index contributed by atoms with van der Waals surface area (Å²) in [6.45, 7) is 8.32. The molecule has 0 atom stereocenters. The van der Waals surface area contributed by atoms with Crippen molar-refractivity contribution in [3.05, 3.63) is 114 Å². The molecular weight excluding hydrogens is 486 g/mol. The van der Waals surface area contributed by atoms with Crippen LogP contribution in [0.15, 0.2) is 97.2 Å². The van der Waals surface area contributed by atoms with Gasteiger partial charge in [-0.25, -0.2) is 9.78 Å². The number of hydrogen-bond donors (Lipinski definition) is 0. The summed E-state index contributed by atoms with van der Waals surface area (Å²) in [5, 5.41) is 0. The molecule has 0 unspecified atom stereocenters. The summed E-state index contributed by atoms with van der Waals surface area (Å²) in [4.78, 5) is 22.6. The highest BCUT2D eigenvalue weighted by Crippen LogP contribution is 2.32. The van der Waals surface area contributed by atoms with Gasteiger partial charge in [-0.05, 0) is 37.1 Å². The van der Waals surface area contributed by atoms with Crippen LogP contribution in [0.4, 0.5) is 5.82 Å². The molecule has 0 bridgehead atoms. The number of para-hydroxylation sites is 1. The number of nitrogens with zero attached hydrogens (tertiary/aromatic N) is 3. The predicted molar refractivity (Wildman–Crippen MR) is 155 cm³/mol. The van der Waals surface area contributed by atoms with E-state index in [1.165, 1.54) is 5.56 Å². The Balaban J connectivity index is 1.30. The van der Waals surface area contributed by atoms with Crippen molar-refractivity contribution in [3.8, 4) is 16.9 Å². The Bertz CT molecular complexity index is 1370. The number of piperazine rings is 1. The first-order valence-corrected chi connectivity index (χ1v) is 13.6. The number of esters is 1. The van der Waals surface area contributed by atoms with E-state index in [9.17, 15) is 4.79 Å². The smallest absolute Gasteiger partial charge is 0.342 e. The van der Waals surface area contributed by atoms with Crippen molar-refractivity contribution >= 4 is 11.8 Å². The molecule has 6 nitrogen and oxygen atoms in total. The summed E-state index contributed by atoms with van der Waals surface area (Å²) >= 11 is 0. The molecular formula is C33H35N3O3. The maximum atomic E-state index is 13.3. The van der Waals surface area contributed by atoms with Gasteiger partial charge in [0.1, 0.15) is 23.7 Å². The molecule has 0 N–H and O–H groups in total. The van der Waals surface area contributed by atoms with Crippen LogP contribution in [-0.2, 0) is 17.9 Å². The summed E-state index contributed by atoms with van der Waals surface area (Å²) < 4.78 is 11.9. The molecule has 4 aromatic rings. The minimum Gasteiger partial charge on any atom is -0.489 e. The van der Waals surface area contributed by atoms with Crippen molar-refractivity contribution < 1.29 is 14.3 Å². The summed E-state index contributed by atoms with van der Waals surface area (Å²) in [6.07, 6.45) is 1.58. The first-order chi connectivity index (χ1) is 19.1. The molecule has 0 amide bonds. The number of carbonyl (C=O) groups excluding carboxylic acids is 1. The van der Waals surface area contributed by atoms with Crippen LogP contribution in [0.3, 0.4) is 0 Å². The second-order valence-electron chi connectivity index (χ2n) is 10.0. The number of rotatable bonds is 9. The largest absolute Gasteiger partial charge is 0.489 e. The Kier molecular flexibility index (Phi) is 8.54. The Hall–Kier alpha value is -4.16. The van der Waals surface area contributed by atoms with E-state index >= 15 is 0 Å². The van der Waals surface area contributed by atoms with Crippen LogP contribution in [-0.4, -0.2) is 48.1 Å². The van der Waals surface area contributed by atoms with E-state index in [2.05, 4.69) is 39.0 Å². The molecule has 1 fully saturated rings. The number of pyridine rings is 1. The number of benzene rings is 3. The van der Waals surface area contributed by atoms with Gasteiger partial charge in [0.2, 0.25) is 0 Å². The fourth-order valence-corrected chi connectivity index (χ4v) is 4.89. The van der Waals surface area contributed by atoms with E-state index < -0.39 is 0 Å². The zero-order valence-electron chi connectivity index (χ0n) is 22.6. The molecule has 6 heteroatoms. The molecule has 2 heterocycles. The van der Waals surface area contributed by atoms with Crippen LogP contribution in [0, 0.1) is 0 Å². The molecule has 0 spiro atoms. The Morgan fingerprint density at radius 1 is 0.846 bits per heavy atom. The summed E-state index contributed by atoms with van der Waals surface area (Å²) in [5.74, 6) is 1.27. The van der Waals surface area contributed by atoms with Crippen LogP contribution in [0.1, 0.15) is 35.3 Å². The Morgan fingerprint density at radius 3 is 2.23 bits per heavy atom. The highest BCUT2D eigenvalue weighted by atomic mass is 16.5. The summed E-state index contributed by atoms with van der Waals surface area (Å²) in [7, 11) is 0. The van der Waals surface area contributed by atoms with Gasteiger partial charge in [-0.3, -0.25) is 4.90 Å². The van der Waals surface area contributed by atoms with Crippen LogP contribution < -0.4 is 9.64 Å². The van der Waals surface area contributed by atoms with Crippen molar-refractivity contribution in [2.45, 2.75) is 33.1 Å². The maximum Gasteiger partial charge on any atom is 0.342 e. The molecule has 3 aromatic carbocycles. The molecule has 1 aliphatic rings. The highest BCUT2D eigenvalue weighted by molar-refractivity contribution is 6.02. The van der Waals surface area contributed by atoms with Crippen LogP contribution in [0.2, 0.25) is 0 Å². The second-order valence-corrected chi connectivity index (χ2v) is 10.0. The van der Waals surface area contributed by atoms with Gasteiger partial charge >= 0.3 is 5.97 Å². The topological polar surface area (TPSA) is 54.9 Å². The first-order valence-electron chi connectivity index (χ1n) is 13.6. The molecule has 39 heavy (non-hydrogen) atoms. The van der Waals surface area contributed by atoms with Crippen LogP contribution in [0.25, 0.3) is 11.1 Å². The van der Waals surface area contributed by atoms with Gasteiger partial charge in [0.15, 0.2) is 0 Å². The number of aromatic nitrogens is 1. The minimum atomic E-state index is -0.334. The monoisotopic (exact) mass is 521 g/mol. The van der Waals surface area contributed by atoms with E-state index in [1.54, 1.807) is 6.20 Å². The molecule has 5 rings (SSSR count). The highest BCUT2D eigenvalue weighted by Gasteiger charge is 2.27. The van der Waals surface area contributed by atoms with E-state index in [-0.39, 0.29) is 12.1 Å². The SMILES string of the molecule is CC(C)OC(=O)c1c(-c2ccccc2)ccnc1N1CCN(Cc2ccccc2OCc2ccccc2)CC1. The molecule has 0 radical (unpaired) electrons. The molecule has 0 aliphatic carbocycles. The Morgan fingerprint density at radius 2 is 1.51 bits per heavy atom. The predicted octanol–water partition coefficient (Wildman–Crippen LogP) is 6.22. The molecule has 200 valence electrons. The van der Waals surface area contributed by atoms with Gasteiger partial charge < -0.3 is 14.4 Å². The van der Waals surface area contributed by atoms with Gasteiger partial charge in [0.05, 0.1) is 6.10 Å².